The van der Waals surface area contributed by atoms with E-state index in [0.717, 1.165) is 0 Å². The van der Waals surface area contributed by atoms with Crippen LogP contribution in [0, 0.1) is 0 Å². The van der Waals surface area contributed by atoms with Gasteiger partial charge in [-0.2, -0.15) is 0 Å². The molecule has 0 atom stereocenters. The van der Waals surface area contributed by atoms with Crippen molar-refractivity contribution in [2.24, 2.45) is 5.16 Å². The minimum atomic E-state index is 1.17. The number of rotatable bonds is 2. The Hall–Kier alpha value is -0.0900. The van der Waals surface area contributed by atoms with Gasteiger partial charge in [0, 0.05) is 16.4 Å². The summed E-state index contributed by atoms with van der Waals surface area (Å²) in [6.45, 7) is 0. The predicted molar refractivity (Wildman–Crippen MR) is 48.5 cm³/mol. The molecule has 0 saturated carbocycles. The first kappa shape index (κ1) is 8.01. The number of hydrogen-bond donors (Lipinski definition) is 0. The lowest BCUT2D eigenvalue weighted by molar-refractivity contribution is 0.215. The Morgan fingerprint density at radius 1 is 1.70 bits per heavy atom. The van der Waals surface area contributed by atoms with E-state index in [0.29, 0.717) is 0 Å². The van der Waals surface area contributed by atoms with E-state index in [1.165, 1.54) is 16.4 Å². The van der Waals surface area contributed by atoms with E-state index in [2.05, 4.69) is 15.4 Å². The summed E-state index contributed by atoms with van der Waals surface area (Å²) in [7, 11) is 1.55. The van der Waals surface area contributed by atoms with Gasteiger partial charge in [0.05, 0.1) is 6.21 Å². The molecule has 0 spiro atoms. The van der Waals surface area contributed by atoms with Crippen molar-refractivity contribution in [1.29, 1.82) is 0 Å². The molecule has 10 heavy (non-hydrogen) atoms. The van der Waals surface area contributed by atoms with E-state index in [1.54, 1.807) is 13.3 Å². The summed E-state index contributed by atoms with van der Waals surface area (Å²) in [6.07, 6.45) is 1.75. The molecule has 1 rings (SSSR count). The van der Waals surface area contributed by atoms with Crippen molar-refractivity contribution in [3.8, 4) is 0 Å². The van der Waals surface area contributed by atoms with E-state index in [-0.39, 0.29) is 0 Å². The van der Waals surface area contributed by atoms with Crippen molar-refractivity contribution >= 4 is 29.7 Å². The van der Waals surface area contributed by atoms with Crippen LogP contribution in [0.3, 0.4) is 0 Å². The maximum absolute atomic E-state index is 4.55. The number of hydrogen-bond acceptors (Lipinski definition) is 4. The molecule has 0 unspecified atom stereocenters. The third-order valence-corrected chi connectivity index (χ3v) is 3.19. The highest BCUT2D eigenvalue weighted by Crippen LogP contribution is 2.24. The van der Waals surface area contributed by atoms with Crippen LogP contribution in [0.1, 0.15) is 0 Å². The molecule has 0 N–H and O–H groups in total. The topological polar surface area (TPSA) is 21.6 Å². The molecule has 1 aliphatic rings. The molecule has 0 aromatic rings. The van der Waals surface area contributed by atoms with Crippen molar-refractivity contribution in [3.63, 3.8) is 0 Å². The van der Waals surface area contributed by atoms with E-state index in [4.69, 9.17) is 0 Å². The van der Waals surface area contributed by atoms with Crippen molar-refractivity contribution in [2.75, 3.05) is 18.6 Å². The highest BCUT2D eigenvalue weighted by molar-refractivity contribution is 8.09. The minimum absolute atomic E-state index is 1.17. The van der Waals surface area contributed by atoms with Crippen LogP contribution in [0.5, 0.6) is 0 Å². The molecule has 0 aromatic heterocycles. The predicted octanol–water partition coefficient (Wildman–Crippen LogP) is 1.94. The first-order valence-electron chi connectivity index (χ1n) is 2.94. The second-order valence-electron chi connectivity index (χ2n) is 1.66. The summed E-state index contributed by atoms with van der Waals surface area (Å²) in [5.41, 5.74) is 0. The van der Waals surface area contributed by atoms with E-state index in [9.17, 15) is 0 Å². The maximum Gasteiger partial charge on any atom is 0.106 e. The van der Waals surface area contributed by atoms with Crippen LogP contribution in [0.2, 0.25) is 0 Å². The largest absolute Gasteiger partial charge is 0.399 e. The van der Waals surface area contributed by atoms with Gasteiger partial charge < -0.3 is 4.84 Å². The fraction of sp³-hybridized carbons (Fsp3) is 0.500. The molecule has 0 amide bonds. The molecule has 56 valence electrons. The van der Waals surface area contributed by atoms with Crippen LogP contribution in [0.15, 0.2) is 15.5 Å². The van der Waals surface area contributed by atoms with Gasteiger partial charge >= 0.3 is 0 Å². The Kier molecular flexibility index (Phi) is 3.75. The third-order valence-electron chi connectivity index (χ3n) is 0.955. The summed E-state index contributed by atoms with van der Waals surface area (Å²) < 4.78 is 0. The first-order valence-corrected chi connectivity index (χ1v) is 4.98. The van der Waals surface area contributed by atoms with Gasteiger partial charge in [-0.25, -0.2) is 0 Å². The van der Waals surface area contributed by atoms with Gasteiger partial charge in [0.15, 0.2) is 0 Å². The minimum Gasteiger partial charge on any atom is -0.399 e. The lowest BCUT2D eigenvalue weighted by atomic mass is 10.7. The molecule has 0 aromatic carbocycles. The SMILES string of the molecule is CON=CC1=CSCCS1. The summed E-state index contributed by atoms with van der Waals surface area (Å²) in [4.78, 5) is 5.74. The van der Waals surface area contributed by atoms with Gasteiger partial charge in [0.1, 0.15) is 7.11 Å². The Balaban J connectivity index is 2.38. The standard InChI is InChI=1S/C6H9NOS2/c1-8-7-4-6-5-9-2-3-10-6/h4-5H,2-3H2,1H3. The highest BCUT2D eigenvalue weighted by atomic mass is 32.2. The molecule has 1 heterocycles. The summed E-state index contributed by atoms with van der Waals surface area (Å²) >= 11 is 3.64. The molecule has 0 bridgehead atoms. The van der Waals surface area contributed by atoms with Crippen molar-refractivity contribution in [3.05, 3.63) is 10.3 Å². The van der Waals surface area contributed by atoms with Crippen LogP contribution in [0.25, 0.3) is 0 Å². The first-order chi connectivity index (χ1) is 4.93. The van der Waals surface area contributed by atoms with Crippen molar-refractivity contribution < 1.29 is 4.84 Å². The highest BCUT2D eigenvalue weighted by Gasteiger charge is 2.00. The van der Waals surface area contributed by atoms with E-state index in [1.807, 2.05) is 23.5 Å². The molecular weight excluding hydrogens is 166 g/mol. The number of oxime groups is 1. The molecular formula is C6H9NOS2. The Bertz CT molecular complexity index is 156. The van der Waals surface area contributed by atoms with Crippen LogP contribution >= 0.6 is 23.5 Å². The monoisotopic (exact) mass is 175 g/mol. The smallest absolute Gasteiger partial charge is 0.106 e. The zero-order valence-corrected chi connectivity index (χ0v) is 7.37. The van der Waals surface area contributed by atoms with Crippen LogP contribution in [0.4, 0.5) is 0 Å². The fourth-order valence-electron chi connectivity index (χ4n) is 0.555. The van der Waals surface area contributed by atoms with Gasteiger partial charge in [0.25, 0.3) is 0 Å². The molecule has 0 fully saturated rings. The summed E-state index contributed by atoms with van der Waals surface area (Å²) in [5, 5.41) is 5.78. The maximum atomic E-state index is 4.55. The molecule has 0 radical (unpaired) electrons. The summed E-state index contributed by atoms with van der Waals surface area (Å²) in [5.74, 6) is 2.38. The number of thioether (sulfide) groups is 2. The van der Waals surface area contributed by atoms with Crippen molar-refractivity contribution in [1.82, 2.24) is 0 Å². The average molecular weight is 175 g/mol. The lowest BCUT2D eigenvalue weighted by Gasteiger charge is -2.05. The van der Waals surface area contributed by atoms with Crippen LogP contribution in [-0.2, 0) is 4.84 Å². The van der Waals surface area contributed by atoms with Gasteiger partial charge in [-0.3, -0.25) is 0 Å². The van der Waals surface area contributed by atoms with E-state index >= 15 is 0 Å². The van der Waals surface area contributed by atoms with Crippen molar-refractivity contribution in [2.45, 2.75) is 0 Å². The number of allylic oxidation sites excluding steroid dienone is 1. The normalized spacial score (nSPS) is 19.1. The zero-order chi connectivity index (χ0) is 7.23. The second kappa shape index (κ2) is 4.68. The molecule has 2 nitrogen and oxygen atoms in total. The van der Waals surface area contributed by atoms with Gasteiger partial charge in [-0.05, 0) is 5.41 Å². The third kappa shape index (κ3) is 2.66. The quantitative estimate of drug-likeness (QED) is 0.473. The van der Waals surface area contributed by atoms with Crippen LogP contribution < -0.4 is 0 Å². The summed E-state index contributed by atoms with van der Waals surface area (Å²) in [6, 6.07) is 0. The van der Waals surface area contributed by atoms with Gasteiger partial charge in [-0.1, -0.05) is 5.16 Å². The molecule has 4 heteroatoms. The van der Waals surface area contributed by atoms with Gasteiger partial charge in [-0.15, -0.1) is 23.5 Å². The number of nitrogens with zero attached hydrogens (tertiary/aromatic N) is 1. The lowest BCUT2D eigenvalue weighted by Crippen LogP contribution is -1.91. The fourth-order valence-corrected chi connectivity index (χ4v) is 2.45. The second-order valence-corrected chi connectivity index (χ2v) is 3.80. The molecule has 0 aliphatic carbocycles. The van der Waals surface area contributed by atoms with Crippen LogP contribution in [-0.4, -0.2) is 24.8 Å². The molecule has 0 saturated heterocycles. The zero-order valence-electron chi connectivity index (χ0n) is 5.74. The Labute approximate surface area is 69.1 Å². The molecule has 1 aliphatic heterocycles. The Morgan fingerprint density at radius 2 is 2.60 bits per heavy atom. The Morgan fingerprint density at radius 3 is 3.20 bits per heavy atom. The van der Waals surface area contributed by atoms with Gasteiger partial charge in [0.2, 0.25) is 0 Å². The van der Waals surface area contributed by atoms with E-state index < -0.39 is 0 Å². The average Bonchev–Trinajstić information content (AvgIpc) is 2.03.